The van der Waals surface area contributed by atoms with Gasteiger partial charge in [-0.05, 0) is 54.1 Å². The van der Waals surface area contributed by atoms with Crippen LogP contribution in [-0.2, 0) is 23.4 Å². The van der Waals surface area contributed by atoms with Crippen molar-refractivity contribution in [3.05, 3.63) is 107 Å². The zero-order chi connectivity index (χ0) is 26.9. The van der Waals surface area contributed by atoms with Crippen molar-refractivity contribution in [2.75, 3.05) is 11.6 Å². The molecular formula is C29H24N4O4S. The minimum absolute atomic E-state index is 0.140. The fourth-order valence-corrected chi connectivity index (χ4v) is 4.94. The molecule has 0 spiro atoms. The zero-order valence-corrected chi connectivity index (χ0v) is 21.5. The van der Waals surface area contributed by atoms with E-state index in [9.17, 15) is 18.5 Å². The Labute approximate surface area is 219 Å². The summed E-state index contributed by atoms with van der Waals surface area (Å²) in [4.78, 5) is 15.7. The summed E-state index contributed by atoms with van der Waals surface area (Å²) in [5, 5.41) is 13.2. The summed E-state index contributed by atoms with van der Waals surface area (Å²) in [6.45, 7) is 0.473. The first-order chi connectivity index (χ1) is 18.2. The molecule has 0 saturated carbocycles. The molecule has 5 aromatic rings. The summed E-state index contributed by atoms with van der Waals surface area (Å²) in [6.07, 6.45) is 4.51. The number of aromatic amines is 1. The first kappa shape index (κ1) is 24.9. The Hall–Kier alpha value is -4.81. The molecule has 0 amide bonds. The maximum absolute atomic E-state index is 12.6. The van der Waals surface area contributed by atoms with Crippen LogP contribution in [0.25, 0.3) is 22.0 Å². The van der Waals surface area contributed by atoms with E-state index in [1.165, 1.54) is 10.6 Å². The predicted molar refractivity (Wildman–Crippen MR) is 147 cm³/mol. The van der Waals surface area contributed by atoms with E-state index in [1.807, 2.05) is 42.5 Å². The topological polar surface area (TPSA) is 117 Å². The summed E-state index contributed by atoms with van der Waals surface area (Å²) in [7, 11) is -1.86. The van der Waals surface area contributed by atoms with Crippen molar-refractivity contribution in [2.24, 2.45) is 7.05 Å². The second-order valence-electron chi connectivity index (χ2n) is 8.92. The van der Waals surface area contributed by atoms with Gasteiger partial charge >= 0.3 is 0 Å². The van der Waals surface area contributed by atoms with Crippen molar-refractivity contribution in [3.8, 4) is 28.7 Å². The minimum atomic E-state index is -3.50. The Balaban J connectivity index is 1.58. The third-order valence-electron chi connectivity index (χ3n) is 6.21. The molecule has 2 heterocycles. The van der Waals surface area contributed by atoms with E-state index in [4.69, 9.17) is 4.74 Å². The lowest BCUT2D eigenvalue weighted by Crippen LogP contribution is -2.16. The maximum atomic E-state index is 12.6. The van der Waals surface area contributed by atoms with Gasteiger partial charge in [0, 0.05) is 48.8 Å². The number of anilines is 1. The number of H-pyrrole nitrogens is 1. The van der Waals surface area contributed by atoms with Gasteiger partial charge in [0.2, 0.25) is 0 Å². The monoisotopic (exact) mass is 524 g/mol. The van der Waals surface area contributed by atoms with Gasteiger partial charge in [0.1, 0.15) is 11.3 Å². The fraction of sp³-hybridized carbons (Fsp3) is 0.103. The quantitative estimate of drug-likeness (QED) is 0.302. The number of nitrogens with zero attached hydrogens (tertiary/aromatic N) is 2. The highest BCUT2D eigenvalue weighted by Gasteiger charge is 2.19. The molecule has 9 heteroatoms. The number of hydrogen-bond donors (Lipinski definition) is 2. The summed E-state index contributed by atoms with van der Waals surface area (Å²) < 4.78 is 32.7. The normalized spacial score (nSPS) is 11.3. The number of pyridine rings is 1. The number of nitrogens with one attached hydrogen (secondary N) is 2. The molecule has 0 aliphatic rings. The highest BCUT2D eigenvalue weighted by molar-refractivity contribution is 7.90. The number of nitriles is 1. The van der Waals surface area contributed by atoms with E-state index >= 15 is 0 Å². The van der Waals surface area contributed by atoms with Crippen molar-refractivity contribution in [2.45, 2.75) is 11.4 Å². The smallest absolute Gasteiger partial charge is 0.274 e. The van der Waals surface area contributed by atoms with Gasteiger partial charge < -0.3 is 19.6 Å². The molecule has 2 aromatic heterocycles. The molecule has 0 bridgehead atoms. The molecule has 190 valence electrons. The van der Waals surface area contributed by atoms with E-state index < -0.39 is 9.84 Å². The second kappa shape index (κ2) is 9.92. The van der Waals surface area contributed by atoms with E-state index in [0.717, 1.165) is 17.5 Å². The van der Waals surface area contributed by atoms with Crippen molar-refractivity contribution < 1.29 is 13.2 Å². The number of aromatic nitrogens is 2. The van der Waals surface area contributed by atoms with Crippen LogP contribution < -0.4 is 15.6 Å². The molecule has 0 atom stereocenters. The van der Waals surface area contributed by atoms with Crippen LogP contribution in [0, 0.1) is 11.3 Å². The SMILES string of the molecule is Cn1cc(-c2cc(S(C)(=O)=O)ccc2Oc2ccccc2NCc2cccc(C#N)c2)c2cc[nH]c2c1=O. The van der Waals surface area contributed by atoms with Gasteiger partial charge in [-0.3, -0.25) is 4.79 Å². The first-order valence-corrected chi connectivity index (χ1v) is 13.6. The van der Waals surface area contributed by atoms with Crippen LogP contribution in [-0.4, -0.2) is 24.2 Å². The molecule has 0 aliphatic heterocycles. The van der Waals surface area contributed by atoms with Crippen LogP contribution in [0.3, 0.4) is 0 Å². The molecule has 0 saturated heterocycles. The number of hydrogen-bond acceptors (Lipinski definition) is 6. The average Bonchev–Trinajstić information content (AvgIpc) is 3.40. The lowest BCUT2D eigenvalue weighted by Gasteiger charge is -2.17. The maximum Gasteiger partial charge on any atom is 0.274 e. The Bertz CT molecular complexity index is 1880. The third-order valence-corrected chi connectivity index (χ3v) is 7.32. The minimum Gasteiger partial charge on any atom is -0.455 e. The van der Waals surface area contributed by atoms with Gasteiger partial charge in [-0.25, -0.2) is 8.42 Å². The van der Waals surface area contributed by atoms with E-state index in [1.54, 1.807) is 43.7 Å². The van der Waals surface area contributed by atoms with Gasteiger partial charge in [0.15, 0.2) is 15.6 Å². The molecule has 0 unspecified atom stereocenters. The molecule has 0 radical (unpaired) electrons. The number of ether oxygens (including phenoxy) is 1. The van der Waals surface area contributed by atoms with Crippen LogP contribution in [0.1, 0.15) is 11.1 Å². The van der Waals surface area contributed by atoms with Crippen LogP contribution in [0.2, 0.25) is 0 Å². The second-order valence-corrected chi connectivity index (χ2v) is 10.9. The summed E-state index contributed by atoms with van der Waals surface area (Å²) in [6, 6.07) is 23.4. The fourth-order valence-electron chi connectivity index (χ4n) is 4.29. The van der Waals surface area contributed by atoms with Crippen molar-refractivity contribution >= 4 is 26.4 Å². The number of aryl methyl sites for hydroxylation is 1. The Kier molecular flexibility index (Phi) is 6.49. The van der Waals surface area contributed by atoms with Gasteiger partial charge in [0.05, 0.1) is 22.2 Å². The van der Waals surface area contributed by atoms with E-state index in [-0.39, 0.29) is 10.5 Å². The molecule has 3 aromatic carbocycles. The Morgan fingerprint density at radius 3 is 2.61 bits per heavy atom. The van der Waals surface area contributed by atoms with Gasteiger partial charge in [-0.2, -0.15) is 5.26 Å². The number of fused-ring (bicyclic) bond motifs is 1. The lowest BCUT2D eigenvalue weighted by atomic mass is 10.0. The van der Waals surface area contributed by atoms with Crippen LogP contribution in [0.4, 0.5) is 5.69 Å². The van der Waals surface area contributed by atoms with Crippen molar-refractivity contribution in [1.29, 1.82) is 5.26 Å². The van der Waals surface area contributed by atoms with Crippen LogP contribution >= 0.6 is 0 Å². The first-order valence-electron chi connectivity index (χ1n) is 11.8. The molecule has 8 nitrogen and oxygen atoms in total. The molecule has 38 heavy (non-hydrogen) atoms. The molecule has 0 aliphatic carbocycles. The molecule has 0 fully saturated rings. The average molecular weight is 525 g/mol. The van der Waals surface area contributed by atoms with Crippen LogP contribution in [0.15, 0.2) is 94.9 Å². The summed E-state index contributed by atoms with van der Waals surface area (Å²) in [5.41, 5.74) is 3.66. The Morgan fingerprint density at radius 2 is 1.82 bits per heavy atom. The molecular weight excluding hydrogens is 500 g/mol. The third kappa shape index (κ3) is 4.90. The van der Waals surface area contributed by atoms with Gasteiger partial charge in [-0.1, -0.05) is 24.3 Å². The van der Waals surface area contributed by atoms with Gasteiger partial charge in [-0.15, -0.1) is 0 Å². The summed E-state index contributed by atoms with van der Waals surface area (Å²) >= 11 is 0. The predicted octanol–water partition coefficient (Wildman–Crippen LogP) is 5.21. The molecule has 5 rings (SSSR count). The number of rotatable bonds is 7. The highest BCUT2D eigenvalue weighted by atomic mass is 32.2. The standard InChI is InChI=1S/C29H24N4O4S/c1-33-18-24(22-12-13-31-28(22)29(33)34)23-15-21(38(2,35)36)10-11-26(23)37-27-9-4-3-8-25(27)32-17-20-7-5-6-19(14-20)16-30/h3-15,18,31-32H,17H2,1-2H3. The number of benzene rings is 3. The molecule has 2 N–H and O–H groups in total. The number of para-hydroxylation sites is 2. The van der Waals surface area contributed by atoms with E-state index in [2.05, 4.69) is 16.4 Å². The highest BCUT2D eigenvalue weighted by Crippen LogP contribution is 2.39. The van der Waals surface area contributed by atoms with Crippen LogP contribution in [0.5, 0.6) is 11.5 Å². The largest absolute Gasteiger partial charge is 0.455 e. The zero-order valence-electron chi connectivity index (χ0n) is 20.7. The summed E-state index contributed by atoms with van der Waals surface area (Å²) in [5.74, 6) is 0.965. The van der Waals surface area contributed by atoms with Crippen molar-refractivity contribution in [1.82, 2.24) is 9.55 Å². The van der Waals surface area contributed by atoms with Gasteiger partial charge in [0.25, 0.3) is 5.56 Å². The Morgan fingerprint density at radius 1 is 1.00 bits per heavy atom. The van der Waals surface area contributed by atoms with Crippen molar-refractivity contribution in [3.63, 3.8) is 0 Å². The number of sulfone groups is 1. The van der Waals surface area contributed by atoms with E-state index in [0.29, 0.717) is 45.6 Å². The lowest BCUT2D eigenvalue weighted by molar-refractivity contribution is 0.485.